The Kier molecular flexibility index (Phi) is 6.62. The van der Waals surface area contributed by atoms with E-state index in [1.807, 2.05) is 54.3 Å². The van der Waals surface area contributed by atoms with Gasteiger partial charge in [0.15, 0.2) is 0 Å². The smallest absolute Gasteiger partial charge is 0.253 e. The third-order valence-corrected chi connectivity index (χ3v) is 6.26. The number of benzene rings is 2. The molecule has 2 heterocycles. The summed E-state index contributed by atoms with van der Waals surface area (Å²) < 4.78 is 14.1. The molecule has 0 N–H and O–H groups in total. The van der Waals surface area contributed by atoms with Crippen molar-refractivity contribution in [2.45, 2.75) is 20.1 Å². The number of piperazine rings is 1. The van der Waals surface area contributed by atoms with Gasteiger partial charge in [-0.25, -0.2) is 0 Å². The fraction of sp³-hybridized carbons (Fsp3) is 0.318. The van der Waals surface area contributed by atoms with Gasteiger partial charge in [-0.2, -0.15) is 8.75 Å². The van der Waals surface area contributed by atoms with Crippen molar-refractivity contribution in [1.82, 2.24) is 18.5 Å². The number of halogens is 1. The SMILES string of the molecule is Cc1nsnc1COc1ccc(C(=O)N2CCN(Cc3ccccc3Cl)CC2)cc1. The van der Waals surface area contributed by atoms with E-state index in [1.54, 1.807) is 0 Å². The Morgan fingerprint density at radius 2 is 1.80 bits per heavy atom. The molecule has 8 heteroatoms. The third-order valence-electron chi connectivity index (χ3n) is 5.23. The van der Waals surface area contributed by atoms with Crippen LogP contribution in [0.2, 0.25) is 5.02 Å². The lowest BCUT2D eigenvalue weighted by atomic mass is 10.1. The highest BCUT2D eigenvalue weighted by molar-refractivity contribution is 6.99. The number of hydrogen-bond donors (Lipinski definition) is 0. The second kappa shape index (κ2) is 9.55. The minimum absolute atomic E-state index is 0.0542. The molecule has 0 saturated carbocycles. The molecule has 4 rings (SSSR count). The molecule has 0 unspecified atom stereocenters. The van der Waals surface area contributed by atoms with Gasteiger partial charge in [-0.15, -0.1) is 0 Å². The summed E-state index contributed by atoms with van der Waals surface area (Å²) in [5.74, 6) is 0.766. The summed E-state index contributed by atoms with van der Waals surface area (Å²) in [6, 6.07) is 15.2. The Morgan fingerprint density at radius 1 is 1.07 bits per heavy atom. The number of ether oxygens (including phenoxy) is 1. The second-order valence-corrected chi connectivity index (χ2v) is 8.20. The fourth-order valence-electron chi connectivity index (χ4n) is 3.39. The Bertz CT molecular complexity index is 1000. The minimum atomic E-state index is 0.0542. The van der Waals surface area contributed by atoms with Crippen molar-refractivity contribution in [1.29, 1.82) is 0 Å². The minimum Gasteiger partial charge on any atom is -0.487 e. The van der Waals surface area contributed by atoms with Crippen LogP contribution in [0.4, 0.5) is 0 Å². The van der Waals surface area contributed by atoms with Crippen molar-refractivity contribution in [3.05, 3.63) is 76.1 Å². The number of hydrogen-bond acceptors (Lipinski definition) is 6. The number of carbonyl (C=O) groups is 1. The molecule has 0 bridgehead atoms. The van der Waals surface area contributed by atoms with Gasteiger partial charge in [0.25, 0.3) is 5.91 Å². The van der Waals surface area contributed by atoms with E-state index in [0.29, 0.717) is 31.0 Å². The molecule has 1 fully saturated rings. The molecule has 0 radical (unpaired) electrons. The van der Waals surface area contributed by atoms with Gasteiger partial charge in [0.2, 0.25) is 0 Å². The van der Waals surface area contributed by atoms with E-state index >= 15 is 0 Å². The summed E-state index contributed by atoms with van der Waals surface area (Å²) in [4.78, 5) is 17.1. The summed E-state index contributed by atoms with van der Waals surface area (Å²) in [6.07, 6.45) is 0. The van der Waals surface area contributed by atoms with Crippen LogP contribution >= 0.6 is 23.3 Å². The number of nitrogens with zero attached hydrogens (tertiary/aromatic N) is 4. The van der Waals surface area contributed by atoms with Crippen LogP contribution in [0.15, 0.2) is 48.5 Å². The maximum absolute atomic E-state index is 12.8. The number of aromatic nitrogens is 2. The molecule has 1 aromatic heterocycles. The molecule has 0 spiro atoms. The van der Waals surface area contributed by atoms with Gasteiger partial charge in [0.1, 0.15) is 18.1 Å². The molecule has 1 amide bonds. The first-order valence-corrected chi connectivity index (χ1v) is 11.0. The van der Waals surface area contributed by atoms with Crippen molar-refractivity contribution in [2.24, 2.45) is 0 Å². The summed E-state index contributed by atoms with van der Waals surface area (Å²) >= 11 is 7.45. The lowest BCUT2D eigenvalue weighted by Gasteiger charge is -2.35. The number of amides is 1. The highest BCUT2D eigenvalue weighted by Crippen LogP contribution is 2.19. The molecule has 2 aromatic carbocycles. The maximum atomic E-state index is 12.8. The molecular formula is C22H23ClN4O2S. The number of carbonyl (C=O) groups excluding carboxylic acids is 1. The van der Waals surface area contributed by atoms with Gasteiger partial charge in [0.05, 0.1) is 17.4 Å². The number of rotatable bonds is 6. The van der Waals surface area contributed by atoms with Crippen LogP contribution in [0.3, 0.4) is 0 Å². The van der Waals surface area contributed by atoms with Crippen molar-refractivity contribution in [3.63, 3.8) is 0 Å². The zero-order chi connectivity index (χ0) is 20.9. The highest BCUT2D eigenvalue weighted by atomic mass is 35.5. The van der Waals surface area contributed by atoms with E-state index in [9.17, 15) is 4.79 Å². The monoisotopic (exact) mass is 442 g/mol. The molecule has 1 aliphatic heterocycles. The van der Waals surface area contributed by atoms with Gasteiger partial charge in [-0.3, -0.25) is 9.69 Å². The number of aryl methyl sites for hydroxylation is 1. The average Bonchev–Trinajstić information content (AvgIpc) is 3.19. The summed E-state index contributed by atoms with van der Waals surface area (Å²) in [5.41, 5.74) is 3.53. The maximum Gasteiger partial charge on any atom is 0.253 e. The molecule has 0 atom stereocenters. The van der Waals surface area contributed by atoms with E-state index in [0.717, 1.165) is 41.6 Å². The van der Waals surface area contributed by atoms with Crippen LogP contribution in [0, 0.1) is 6.92 Å². The molecule has 156 valence electrons. The van der Waals surface area contributed by atoms with Crippen LogP contribution in [-0.4, -0.2) is 50.6 Å². The van der Waals surface area contributed by atoms with Gasteiger partial charge in [0, 0.05) is 43.3 Å². The van der Waals surface area contributed by atoms with Crippen LogP contribution < -0.4 is 4.74 Å². The predicted molar refractivity (Wildman–Crippen MR) is 118 cm³/mol. The van der Waals surface area contributed by atoms with Crippen LogP contribution in [0.5, 0.6) is 5.75 Å². The van der Waals surface area contributed by atoms with Gasteiger partial charge in [-0.05, 0) is 42.8 Å². The van der Waals surface area contributed by atoms with Crippen molar-refractivity contribution >= 4 is 29.2 Å². The first kappa shape index (κ1) is 20.8. The molecule has 0 aliphatic carbocycles. The lowest BCUT2D eigenvalue weighted by molar-refractivity contribution is 0.0628. The van der Waals surface area contributed by atoms with E-state index < -0.39 is 0 Å². The second-order valence-electron chi connectivity index (χ2n) is 7.27. The van der Waals surface area contributed by atoms with Crippen LogP contribution in [-0.2, 0) is 13.2 Å². The molecule has 30 heavy (non-hydrogen) atoms. The van der Waals surface area contributed by atoms with Crippen LogP contribution in [0.25, 0.3) is 0 Å². The fourth-order valence-corrected chi connectivity index (χ4v) is 4.13. The average molecular weight is 443 g/mol. The zero-order valence-electron chi connectivity index (χ0n) is 16.8. The Morgan fingerprint density at radius 3 is 2.47 bits per heavy atom. The lowest BCUT2D eigenvalue weighted by Crippen LogP contribution is -2.48. The summed E-state index contributed by atoms with van der Waals surface area (Å²) in [7, 11) is 0. The van der Waals surface area contributed by atoms with Gasteiger partial charge < -0.3 is 9.64 Å². The zero-order valence-corrected chi connectivity index (χ0v) is 18.3. The van der Waals surface area contributed by atoms with Crippen molar-refractivity contribution in [3.8, 4) is 5.75 Å². The predicted octanol–water partition coefficient (Wildman–Crippen LogP) is 4.04. The van der Waals surface area contributed by atoms with E-state index in [4.69, 9.17) is 16.3 Å². The van der Waals surface area contributed by atoms with Gasteiger partial charge in [-0.1, -0.05) is 29.8 Å². The topological polar surface area (TPSA) is 58.6 Å². The quantitative estimate of drug-likeness (QED) is 0.576. The van der Waals surface area contributed by atoms with Crippen molar-refractivity contribution in [2.75, 3.05) is 26.2 Å². The molecule has 1 aliphatic rings. The van der Waals surface area contributed by atoms with E-state index in [1.165, 1.54) is 11.7 Å². The Hall–Kier alpha value is -2.48. The highest BCUT2D eigenvalue weighted by Gasteiger charge is 2.22. The van der Waals surface area contributed by atoms with Crippen molar-refractivity contribution < 1.29 is 9.53 Å². The van der Waals surface area contributed by atoms with Crippen LogP contribution in [0.1, 0.15) is 27.3 Å². The first-order chi connectivity index (χ1) is 14.6. The standard InChI is InChI=1S/C22H23ClN4O2S/c1-16-21(25-30-24-16)15-29-19-8-6-17(7-9-19)22(28)27-12-10-26(11-13-27)14-18-4-2-3-5-20(18)23/h2-9H,10-15H2,1H3. The summed E-state index contributed by atoms with van der Waals surface area (Å²) in [6.45, 7) is 6.18. The normalized spacial score (nSPS) is 14.7. The van der Waals surface area contributed by atoms with E-state index in [2.05, 4.69) is 19.7 Å². The van der Waals surface area contributed by atoms with Gasteiger partial charge >= 0.3 is 0 Å². The Labute approximate surface area is 185 Å². The summed E-state index contributed by atoms with van der Waals surface area (Å²) in [5, 5.41) is 0.791. The molecular weight excluding hydrogens is 420 g/mol. The molecule has 3 aromatic rings. The largest absolute Gasteiger partial charge is 0.487 e. The first-order valence-electron chi connectivity index (χ1n) is 9.86. The Balaban J connectivity index is 1.28. The molecule has 6 nitrogen and oxygen atoms in total. The third kappa shape index (κ3) is 4.98. The van der Waals surface area contributed by atoms with E-state index in [-0.39, 0.29) is 5.91 Å². The molecule has 1 saturated heterocycles.